The molecule has 0 radical (unpaired) electrons. The molecule has 0 amide bonds. The summed E-state index contributed by atoms with van der Waals surface area (Å²) in [6, 6.07) is 9.18. The van der Waals surface area contributed by atoms with E-state index in [4.69, 9.17) is 0 Å². The molecule has 2 heterocycles. The van der Waals surface area contributed by atoms with Crippen LogP contribution in [0.25, 0.3) is 0 Å². The Bertz CT molecular complexity index is 637. The van der Waals surface area contributed by atoms with Gasteiger partial charge in [0, 0.05) is 12.1 Å². The first kappa shape index (κ1) is 12.1. The highest BCUT2D eigenvalue weighted by molar-refractivity contribution is 5.26. The number of hydrogen-bond donors (Lipinski definition) is 3. The molecular formula is C14H15N3O2. The van der Waals surface area contributed by atoms with Crippen LogP contribution < -0.4 is 10.9 Å². The first-order valence-corrected chi connectivity index (χ1v) is 6.31. The van der Waals surface area contributed by atoms with Crippen molar-refractivity contribution in [3.05, 3.63) is 63.3 Å². The van der Waals surface area contributed by atoms with Gasteiger partial charge in [0.2, 0.25) is 0 Å². The van der Waals surface area contributed by atoms with Gasteiger partial charge in [-0.25, -0.2) is 4.98 Å². The second kappa shape index (κ2) is 4.95. The third kappa shape index (κ3) is 2.30. The molecule has 1 aliphatic heterocycles. The second-order valence-electron chi connectivity index (χ2n) is 4.62. The van der Waals surface area contributed by atoms with Gasteiger partial charge >= 0.3 is 0 Å². The largest absolute Gasteiger partial charge is 0.380 e. The van der Waals surface area contributed by atoms with E-state index in [1.807, 2.05) is 30.3 Å². The summed E-state index contributed by atoms with van der Waals surface area (Å²) in [6.07, 6.45) is -0.222. The predicted molar refractivity (Wildman–Crippen MR) is 70.8 cm³/mol. The Labute approximate surface area is 110 Å². The Morgan fingerprint density at radius 1 is 1.26 bits per heavy atom. The molecule has 1 aliphatic rings. The number of benzene rings is 1. The van der Waals surface area contributed by atoms with Crippen molar-refractivity contribution in [2.75, 3.05) is 6.54 Å². The number of nitrogens with zero attached hydrogens (tertiary/aromatic N) is 1. The molecule has 3 rings (SSSR count). The molecule has 0 spiro atoms. The zero-order valence-corrected chi connectivity index (χ0v) is 10.4. The minimum Gasteiger partial charge on any atom is -0.380 e. The van der Waals surface area contributed by atoms with Crippen LogP contribution >= 0.6 is 0 Å². The molecule has 2 aromatic rings. The summed E-state index contributed by atoms with van der Waals surface area (Å²) in [7, 11) is 0. The van der Waals surface area contributed by atoms with E-state index in [9.17, 15) is 9.90 Å². The van der Waals surface area contributed by atoms with Crippen LogP contribution in [0.5, 0.6) is 0 Å². The number of H-pyrrole nitrogens is 1. The highest BCUT2D eigenvalue weighted by Gasteiger charge is 2.19. The Morgan fingerprint density at radius 3 is 2.84 bits per heavy atom. The third-order valence-electron chi connectivity index (χ3n) is 3.34. The standard InChI is InChI=1S/C14H15N3O2/c18-12(9-4-2-1-3-5-9)13-16-11-8-15-7-6-10(11)14(19)17-13/h1-5,12,15,18H,6-8H2,(H,16,17,19). The number of nitrogens with one attached hydrogen (secondary N) is 2. The van der Waals surface area contributed by atoms with E-state index in [1.54, 1.807) is 0 Å². The normalized spacial score (nSPS) is 15.8. The van der Waals surface area contributed by atoms with Gasteiger partial charge in [0.15, 0.2) is 0 Å². The molecule has 0 bridgehead atoms. The lowest BCUT2D eigenvalue weighted by molar-refractivity contribution is 0.208. The van der Waals surface area contributed by atoms with Crippen LogP contribution in [0.15, 0.2) is 35.1 Å². The molecule has 1 unspecified atom stereocenters. The zero-order chi connectivity index (χ0) is 13.2. The van der Waals surface area contributed by atoms with Crippen molar-refractivity contribution >= 4 is 0 Å². The topological polar surface area (TPSA) is 78.0 Å². The lowest BCUT2D eigenvalue weighted by atomic mass is 10.1. The molecule has 5 nitrogen and oxygen atoms in total. The van der Waals surface area contributed by atoms with E-state index in [1.165, 1.54) is 0 Å². The third-order valence-corrected chi connectivity index (χ3v) is 3.34. The molecule has 1 atom stereocenters. The summed E-state index contributed by atoms with van der Waals surface area (Å²) < 4.78 is 0. The maximum atomic E-state index is 12.0. The Hall–Kier alpha value is -1.98. The fourth-order valence-electron chi connectivity index (χ4n) is 2.31. The number of hydrogen-bond acceptors (Lipinski definition) is 4. The van der Waals surface area contributed by atoms with E-state index in [-0.39, 0.29) is 5.56 Å². The van der Waals surface area contributed by atoms with E-state index < -0.39 is 6.10 Å². The molecule has 0 saturated heterocycles. The molecule has 0 aliphatic carbocycles. The van der Waals surface area contributed by atoms with Crippen LogP contribution in [0.1, 0.15) is 28.7 Å². The van der Waals surface area contributed by atoms with Crippen LogP contribution in [-0.4, -0.2) is 21.6 Å². The van der Waals surface area contributed by atoms with Crippen molar-refractivity contribution in [2.45, 2.75) is 19.1 Å². The van der Waals surface area contributed by atoms with Crippen LogP contribution in [0.3, 0.4) is 0 Å². The predicted octanol–water partition coefficient (Wildman–Crippen LogP) is 0.497. The summed E-state index contributed by atoms with van der Waals surface area (Å²) in [6.45, 7) is 1.37. The van der Waals surface area contributed by atoms with Gasteiger partial charge in [-0.1, -0.05) is 30.3 Å². The van der Waals surface area contributed by atoms with Gasteiger partial charge in [0.1, 0.15) is 11.9 Å². The van der Waals surface area contributed by atoms with E-state index in [0.29, 0.717) is 18.8 Å². The van der Waals surface area contributed by atoms with Crippen molar-refractivity contribution in [3.8, 4) is 0 Å². The first-order valence-electron chi connectivity index (χ1n) is 6.31. The summed E-state index contributed by atoms with van der Waals surface area (Å²) in [5, 5.41) is 13.4. The molecule has 5 heteroatoms. The summed E-state index contributed by atoms with van der Waals surface area (Å²) in [4.78, 5) is 19.1. The lowest BCUT2D eigenvalue weighted by Crippen LogP contribution is -2.32. The van der Waals surface area contributed by atoms with Crippen molar-refractivity contribution in [1.29, 1.82) is 0 Å². The maximum absolute atomic E-state index is 12.0. The van der Waals surface area contributed by atoms with Gasteiger partial charge in [-0.3, -0.25) is 4.79 Å². The molecule has 98 valence electrons. The zero-order valence-electron chi connectivity index (χ0n) is 10.4. The van der Waals surface area contributed by atoms with Crippen LogP contribution in [-0.2, 0) is 13.0 Å². The lowest BCUT2D eigenvalue weighted by Gasteiger charge is -2.17. The SMILES string of the molecule is O=c1[nH]c(C(O)c2ccccc2)nc2c1CCNC2. The van der Waals surface area contributed by atoms with Gasteiger partial charge in [-0.2, -0.15) is 0 Å². The average molecular weight is 257 g/mol. The minimum atomic E-state index is -0.902. The van der Waals surface area contributed by atoms with Gasteiger partial charge in [0.05, 0.1) is 5.69 Å². The van der Waals surface area contributed by atoms with Gasteiger partial charge in [0.25, 0.3) is 5.56 Å². The fraction of sp³-hybridized carbons (Fsp3) is 0.286. The number of aromatic nitrogens is 2. The Kier molecular flexibility index (Phi) is 3.15. The van der Waals surface area contributed by atoms with Crippen molar-refractivity contribution in [3.63, 3.8) is 0 Å². The van der Waals surface area contributed by atoms with Crippen molar-refractivity contribution < 1.29 is 5.11 Å². The average Bonchev–Trinajstić information content (AvgIpc) is 2.47. The van der Waals surface area contributed by atoms with Gasteiger partial charge < -0.3 is 15.4 Å². The Morgan fingerprint density at radius 2 is 2.05 bits per heavy atom. The van der Waals surface area contributed by atoms with E-state index in [2.05, 4.69) is 15.3 Å². The summed E-state index contributed by atoms with van der Waals surface area (Å²) >= 11 is 0. The van der Waals surface area contributed by atoms with Crippen molar-refractivity contribution in [2.24, 2.45) is 0 Å². The summed E-state index contributed by atoms with van der Waals surface area (Å²) in [5.41, 5.74) is 2.04. The summed E-state index contributed by atoms with van der Waals surface area (Å²) in [5.74, 6) is 0.304. The molecule has 1 aromatic carbocycles. The van der Waals surface area contributed by atoms with Crippen molar-refractivity contribution in [1.82, 2.24) is 15.3 Å². The molecule has 0 fully saturated rings. The monoisotopic (exact) mass is 257 g/mol. The minimum absolute atomic E-state index is 0.142. The van der Waals surface area contributed by atoms with Crippen LogP contribution in [0.4, 0.5) is 0 Å². The quantitative estimate of drug-likeness (QED) is 0.732. The van der Waals surface area contributed by atoms with Gasteiger partial charge in [-0.05, 0) is 18.5 Å². The highest BCUT2D eigenvalue weighted by Crippen LogP contribution is 2.18. The number of rotatable bonds is 2. The highest BCUT2D eigenvalue weighted by atomic mass is 16.3. The number of aliphatic hydroxyl groups is 1. The molecule has 1 aromatic heterocycles. The van der Waals surface area contributed by atoms with Crippen LogP contribution in [0, 0.1) is 0 Å². The smallest absolute Gasteiger partial charge is 0.254 e. The van der Waals surface area contributed by atoms with E-state index >= 15 is 0 Å². The molecule has 0 saturated carbocycles. The molecule has 19 heavy (non-hydrogen) atoms. The van der Waals surface area contributed by atoms with E-state index in [0.717, 1.165) is 23.4 Å². The first-order chi connectivity index (χ1) is 9.25. The Balaban J connectivity index is 2.02. The number of fused-ring (bicyclic) bond motifs is 1. The number of aliphatic hydroxyl groups excluding tert-OH is 1. The second-order valence-corrected chi connectivity index (χ2v) is 4.62. The molecular weight excluding hydrogens is 242 g/mol. The molecule has 3 N–H and O–H groups in total. The van der Waals surface area contributed by atoms with Crippen LogP contribution in [0.2, 0.25) is 0 Å². The number of aromatic amines is 1. The maximum Gasteiger partial charge on any atom is 0.254 e. The van der Waals surface area contributed by atoms with Gasteiger partial charge in [-0.15, -0.1) is 0 Å². The fourth-order valence-corrected chi connectivity index (χ4v) is 2.31.